The fraction of sp³-hybridized carbons (Fsp3) is 0.357. The highest BCUT2D eigenvalue weighted by Crippen LogP contribution is 2.33. The second kappa shape index (κ2) is 5.12. The Morgan fingerprint density at radius 1 is 1.33 bits per heavy atom. The van der Waals surface area contributed by atoms with Crippen molar-refractivity contribution in [3.63, 3.8) is 0 Å². The van der Waals surface area contributed by atoms with Crippen molar-refractivity contribution >= 4 is 22.5 Å². The van der Waals surface area contributed by atoms with Crippen LogP contribution in [0.2, 0.25) is 5.02 Å². The zero-order valence-electron chi connectivity index (χ0n) is 10.9. The molecule has 0 spiro atoms. The third-order valence-corrected chi connectivity index (χ3v) is 3.57. The zero-order chi connectivity index (χ0) is 13.3. The number of rotatable bonds is 3. The molecule has 0 aliphatic heterocycles. The van der Waals surface area contributed by atoms with Gasteiger partial charge < -0.3 is 10.5 Å². The van der Waals surface area contributed by atoms with Crippen LogP contribution >= 0.6 is 11.6 Å². The molecule has 1 heterocycles. The van der Waals surface area contributed by atoms with Crippen LogP contribution in [0.5, 0.6) is 5.75 Å². The predicted molar refractivity (Wildman–Crippen MR) is 75.5 cm³/mol. The first kappa shape index (κ1) is 13.1. The third-order valence-electron chi connectivity index (χ3n) is 3.17. The lowest BCUT2D eigenvalue weighted by atomic mass is 10.0. The molecular weight excluding hydrogens is 248 g/mol. The summed E-state index contributed by atoms with van der Waals surface area (Å²) in [6.07, 6.45) is 0.770. The van der Waals surface area contributed by atoms with Crippen LogP contribution in [-0.2, 0) is 6.42 Å². The summed E-state index contributed by atoms with van der Waals surface area (Å²) in [7, 11) is 1.63. The number of nitrogens with zero attached hydrogens (tertiary/aromatic N) is 1. The first-order valence-corrected chi connectivity index (χ1v) is 6.29. The first-order chi connectivity index (χ1) is 8.58. The van der Waals surface area contributed by atoms with Crippen LogP contribution in [-0.4, -0.2) is 18.6 Å². The van der Waals surface area contributed by atoms with E-state index in [2.05, 4.69) is 11.1 Å². The van der Waals surface area contributed by atoms with Gasteiger partial charge in [0.2, 0.25) is 0 Å². The fourth-order valence-electron chi connectivity index (χ4n) is 2.09. The van der Waals surface area contributed by atoms with E-state index in [0.29, 0.717) is 17.3 Å². The first-order valence-electron chi connectivity index (χ1n) is 5.92. The Hall–Kier alpha value is -1.32. The van der Waals surface area contributed by atoms with Gasteiger partial charge in [-0.2, -0.15) is 0 Å². The number of methoxy groups -OCH3 is 1. The molecule has 0 radical (unpaired) electrons. The molecule has 4 heteroatoms. The van der Waals surface area contributed by atoms with Gasteiger partial charge in [0.05, 0.1) is 7.11 Å². The molecule has 96 valence electrons. The average molecular weight is 265 g/mol. The molecule has 2 aromatic rings. The Kier molecular flexibility index (Phi) is 3.73. The maximum absolute atomic E-state index is 6.20. The van der Waals surface area contributed by atoms with E-state index in [1.54, 1.807) is 7.11 Å². The fourth-order valence-corrected chi connectivity index (χ4v) is 2.29. The Morgan fingerprint density at radius 2 is 2.06 bits per heavy atom. The van der Waals surface area contributed by atoms with Crippen molar-refractivity contribution in [2.75, 3.05) is 13.7 Å². The van der Waals surface area contributed by atoms with Gasteiger partial charge in [-0.1, -0.05) is 11.6 Å². The number of benzene rings is 1. The summed E-state index contributed by atoms with van der Waals surface area (Å²) in [5.74, 6) is 0.707. The summed E-state index contributed by atoms with van der Waals surface area (Å²) < 4.78 is 5.36. The van der Waals surface area contributed by atoms with E-state index in [9.17, 15) is 0 Å². The highest BCUT2D eigenvalue weighted by molar-refractivity contribution is 6.32. The SMILES string of the molecule is COc1cc(Cl)c(C)c2cc(C)c(CCN)nc12. The lowest BCUT2D eigenvalue weighted by Gasteiger charge is -2.12. The van der Waals surface area contributed by atoms with Crippen LogP contribution in [0.4, 0.5) is 0 Å². The minimum absolute atomic E-state index is 0.592. The van der Waals surface area contributed by atoms with Gasteiger partial charge in [0.15, 0.2) is 0 Å². The van der Waals surface area contributed by atoms with E-state index in [1.807, 2.05) is 19.9 Å². The van der Waals surface area contributed by atoms with Crippen LogP contribution < -0.4 is 10.5 Å². The van der Waals surface area contributed by atoms with Crippen molar-refractivity contribution in [2.24, 2.45) is 5.73 Å². The van der Waals surface area contributed by atoms with E-state index >= 15 is 0 Å². The topological polar surface area (TPSA) is 48.1 Å². The molecule has 0 aliphatic rings. The largest absolute Gasteiger partial charge is 0.494 e. The molecule has 3 nitrogen and oxygen atoms in total. The molecule has 18 heavy (non-hydrogen) atoms. The van der Waals surface area contributed by atoms with Crippen LogP contribution in [0.15, 0.2) is 12.1 Å². The van der Waals surface area contributed by atoms with Gasteiger partial charge in [-0.25, -0.2) is 4.98 Å². The summed E-state index contributed by atoms with van der Waals surface area (Å²) >= 11 is 6.20. The lowest BCUT2D eigenvalue weighted by molar-refractivity contribution is 0.418. The molecular formula is C14H17ClN2O. The molecule has 0 bridgehead atoms. The van der Waals surface area contributed by atoms with E-state index in [1.165, 1.54) is 0 Å². The molecule has 0 aliphatic carbocycles. The number of halogens is 1. The molecule has 0 fully saturated rings. The molecule has 1 aromatic carbocycles. The number of hydrogen-bond donors (Lipinski definition) is 1. The van der Waals surface area contributed by atoms with Gasteiger partial charge in [0.25, 0.3) is 0 Å². The molecule has 0 unspecified atom stereocenters. The number of ether oxygens (including phenoxy) is 1. The van der Waals surface area contributed by atoms with Crippen molar-refractivity contribution in [3.8, 4) is 5.75 Å². The van der Waals surface area contributed by atoms with E-state index in [4.69, 9.17) is 22.1 Å². The summed E-state index contributed by atoms with van der Waals surface area (Å²) in [5, 5.41) is 1.74. The third kappa shape index (κ3) is 2.16. The predicted octanol–water partition coefficient (Wildman–Crippen LogP) is 3.01. The highest BCUT2D eigenvalue weighted by Gasteiger charge is 2.12. The van der Waals surface area contributed by atoms with Crippen molar-refractivity contribution in [3.05, 3.63) is 34.0 Å². The maximum Gasteiger partial charge on any atom is 0.146 e. The second-order valence-electron chi connectivity index (χ2n) is 4.37. The van der Waals surface area contributed by atoms with Gasteiger partial charge in [-0.3, -0.25) is 0 Å². The standard InChI is InChI=1S/C14H17ClN2O/c1-8-6-10-9(2)11(15)7-13(18-3)14(10)17-12(8)4-5-16/h6-7H,4-5,16H2,1-3H3. The molecule has 0 atom stereocenters. The number of pyridine rings is 1. The molecule has 0 saturated carbocycles. The normalized spacial score (nSPS) is 10.9. The smallest absolute Gasteiger partial charge is 0.146 e. The van der Waals surface area contributed by atoms with E-state index < -0.39 is 0 Å². The van der Waals surface area contributed by atoms with Crippen molar-refractivity contribution in [1.29, 1.82) is 0 Å². The van der Waals surface area contributed by atoms with Gasteiger partial charge in [-0.15, -0.1) is 0 Å². The average Bonchev–Trinajstić information content (AvgIpc) is 2.36. The Labute approximate surface area is 112 Å². The van der Waals surface area contributed by atoms with Gasteiger partial charge in [0.1, 0.15) is 11.3 Å². The van der Waals surface area contributed by atoms with Crippen LogP contribution in [0.3, 0.4) is 0 Å². The van der Waals surface area contributed by atoms with Crippen molar-refractivity contribution in [1.82, 2.24) is 4.98 Å². The Bertz CT molecular complexity index is 596. The van der Waals surface area contributed by atoms with E-state index in [0.717, 1.165) is 34.1 Å². The number of nitrogens with two attached hydrogens (primary N) is 1. The molecule has 0 saturated heterocycles. The van der Waals surface area contributed by atoms with Gasteiger partial charge >= 0.3 is 0 Å². The van der Waals surface area contributed by atoms with Crippen LogP contribution in [0.25, 0.3) is 10.9 Å². The van der Waals surface area contributed by atoms with E-state index in [-0.39, 0.29) is 0 Å². The Morgan fingerprint density at radius 3 is 2.67 bits per heavy atom. The number of fused-ring (bicyclic) bond motifs is 1. The number of aryl methyl sites for hydroxylation is 2. The van der Waals surface area contributed by atoms with Gasteiger partial charge in [-0.05, 0) is 37.6 Å². The van der Waals surface area contributed by atoms with Crippen LogP contribution in [0.1, 0.15) is 16.8 Å². The maximum atomic E-state index is 6.20. The summed E-state index contributed by atoms with van der Waals surface area (Å²) in [5.41, 5.74) is 9.65. The highest BCUT2D eigenvalue weighted by atomic mass is 35.5. The Balaban J connectivity index is 2.78. The lowest BCUT2D eigenvalue weighted by Crippen LogP contribution is -2.06. The van der Waals surface area contributed by atoms with Crippen molar-refractivity contribution in [2.45, 2.75) is 20.3 Å². The zero-order valence-corrected chi connectivity index (χ0v) is 11.6. The minimum atomic E-state index is 0.592. The molecule has 0 amide bonds. The summed E-state index contributed by atoms with van der Waals surface area (Å²) in [6, 6.07) is 3.92. The molecule has 2 N–H and O–H groups in total. The number of hydrogen-bond acceptors (Lipinski definition) is 3. The minimum Gasteiger partial charge on any atom is -0.494 e. The van der Waals surface area contributed by atoms with Gasteiger partial charge in [0, 0.05) is 28.6 Å². The summed E-state index contributed by atoms with van der Waals surface area (Å²) in [6.45, 7) is 4.63. The molecule has 2 rings (SSSR count). The summed E-state index contributed by atoms with van der Waals surface area (Å²) in [4.78, 5) is 4.67. The van der Waals surface area contributed by atoms with Crippen LogP contribution in [0, 0.1) is 13.8 Å². The quantitative estimate of drug-likeness (QED) is 0.927. The molecule has 1 aromatic heterocycles. The monoisotopic (exact) mass is 264 g/mol. The number of aromatic nitrogens is 1. The van der Waals surface area contributed by atoms with Crippen molar-refractivity contribution < 1.29 is 4.74 Å². The second-order valence-corrected chi connectivity index (χ2v) is 4.78.